The molecule has 2 aromatic rings. The molecule has 2 heterocycles. The van der Waals surface area contributed by atoms with Crippen LogP contribution in [0.15, 0.2) is 53.4 Å². The molecule has 2 aromatic carbocycles. The molecule has 0 amide bonds. The Kier molecular flexibility index (Phi) is 6.92. The molecule has 2 saturated heterocycles. The number of ether oxygens (including phenoxy) is 2. The summed E-state index contributed by atoms with van der Waals surface area (Å²) in [6.07, 6.45) is 1.17. The normalized spacial score (nSPS) is 24.7. The maximum absolute atomic E-state index is 13.0. The second kappa shape index (κ2) is 9.28. The van der Waals surface area contributed by atoms with E-state index in [1.54, 1.807) is 0 Å². The zero-order chi connectivity index (χ0) is 22.6. The maximum Gasteiger partial charge on any atom is 0.325 e. The molecule has 0 radical (unpaired) electrons. The first-order valence-corrected chi connectivity index (χ1v) is 11.0. The molecule has 11 heteroatoms. The smallest absolute Gasteiger partial charge is 0.325 e. The predicted octanol–water partition coefficient (Wildman–Crippen LogP) is 2.40. The van der Waals surface area contributed by atoms with Crippen molar-refractivity contribution in [1.82, 2.24) is 4.72 Å². The predicted molar refractivity (Wildman–Crippen MR) is 107 cm³/mol. The summed E-state index contributed by atoms with van der Waals surface area (Å²) < 4.78 is 52.3. The lowest BCUT2D eigenvalue weighted by atomic mass is 9.88. The standard InChI is InChI=1S/C20H20FNO6S.H3NO/c21-13-1-3-14(4-2-13)27-15-7-9-18(10-8-15)29(25,26)22-20(19(23)24)11-16-5-6-17(12-20)28-16;1-2/h1-4,7-10,16-17,22H,5-6,11-12H2,(H,23,24);2H,1H2/t16-,17+,20?;. The maximum atomic E-state index is 13.0. The second-order valence-corrected chi connectivity index (χ2v) is 9.07. The van der Waals surface area contributed by atoms with Gasteiger partial charge in [0, 0.05) is 12.8 Å². The van der Waals surface area contributed by atoms with Gasteiger partial charge in [-0.15, -0.1) is 0 Å². The summed E-state index contributed by atoms with van der Waals surface area (Å²) in [6, 6.07) is 11.0. The van der Waals surface area contributed by atoms with E-state index in [2.05, 4.69) is 10.6 Å². The van der Waals surface area contributed by atoms with E-state index in [1.807, 2.05) is 0 Å². The lowest BCUT2D eigenvalue weighted by Gasteiger charge is -2.37. The summed E-state index contributed by atoms with van der Waals surface area (Å²) in [5.41, 5.74) is -1.58. The van der Waals surface area contributed by atoms with Crippen LogP contribution in [0.4, 0.5) is 4.39 Å². The Hall–Kier alpha value is -2.57. The first kappa shape index (κ1) is 23.1. The molecule has 2 aliphatic heterocycles. The molecule has 1 unspecified atom stereocenters. The van der Waals surface area contributed by atoms with E-state index in [-0.39, 0.29) is 29.9 Å². The van der Waals surface area contributed by atoms with Crippen molar-refractivity contribution in [2.24, 2.45) is 5.90 Å². The monoisotopic (exact) mass is 454 g/mol. The third-order valence-electron chi connectivity index (χ3n) is 5.27. The van der Waals surface area contributed by atoms with Crippen LogP contribution in [0.2, 0.25) is 0 Å². The molecular weight excluding hydrogens is 431 g/mol. The van der Waals surface area contributed by atoms with Gasteiger partial charge in [-0.1, -0.05) is 0 Å². The van der Waals surface area contributed by atoms with Crippen molar-refractivity contribution in [1.29, 1.82) is 0 Å². The molecule has 0 aromatic heterocycles. The summed E-state index contributed by atoms with van der Waals surface area (Å²) in [4.78, 5) is 11.9. The minimum Gasteiger partial charge on any atom is -0.480 e. The number of aliphatic carboxylic acids is 1. The lowest BCUT2D eigenvalue weighted by molar-refractivity contribution is -0.151. The number of nitrogens with two attached hydrogens (primary N) is 1. The van der Waals surface area contributed by atoms with Crippen LogP contribution in [-0.4, -0.2) is 42.4 Å². The van der Waals surface area contributed by atoms with Crippen LogP contribution in [-0.2, 0) is 19.6 Å². The fourth-order valence-electron chi connectivity index (χ4n) is 3.88. The van der Waals surface area contributed by atoms with E-state index in [9.17, 15) is 22.7 Å². The summed E-state index contributed by atoms with van der Waals surface area (Å²) in [6.45, 7) is 0. The van der Waals surface area contributed by atoms with Gasteiger partial charge in [-0.2, -0.15) is 4.72 Å². The number of hydrogen-bond acceptors (Lipinski definition) is 7. The van der Waals surface area contributed by atoms with Gasteiger partial charge in [0.1, 0.15) is 22.9 Å². The number of hydrogen-bond donors (Lipinski definition) is 4. The van der Waals surface area contributed by atoms with E-state index in [0.717, 1.165) is 12.8 Å². The first-order valence-electron chi connectivity index (χ1n) is 9.48. The molecular formula is C20H23FN2O7S. The average Bonchev–Trinajstić information content (AvgIpc) is 3.10. The SMILES string of the molecule is NO.O=C(O)C1(NS(=O)(=O)c2ccc(Oc3ccc(F)cc3)cc2)C[C@H]2CC[C@@H](C1)O2. The molecule has 3 atom stereocenters. The highest BCUT2D eigenvalue weighted by atomic mass is 32.2. The summed E-state index contributed by atoms with van der Waals surface area (Å²) in [5, 5.41) is 16.3. The summed E-state index contributed by atoms with van der Waals surface area (Å²) >= 11 is 0. The van der Waals surface area contributed by atoms with Gasteiger partial charge in [0.15, 0.2) is 0 Å². The number of carboxylic acids is 1. The Labute approximate surface area is 178 Å². The Morgan fingerprint density at radius 3 is 2.00 bits per heavy atom. The number of fused-ring (bicyclic) bond motifs is 2. The Morgan fingerprint density at radius 1 is 1.03 bits per heavy atom. The molecule has 9 nitrogen and oxygen atoms in total. The van der Waals surface area contributed by atoms with Gasteiger partial charge in [0.2, 0.25) is 10.0 Å². The molecule has 0 aliphatic carbocycles. The molecule has 4 rings (SSSR count). The van der Waals surface area contributed by atoms with Crippen molar-refractivity contribution < 1.29 is 37.4 Å². The zero-order valence-electron chi connectivity index (χ0n) is 16.4. The first-order chi connectivity index (χ1) is 14.8. The third kappa shape index (κ3) is 5.20. The topological polar surface area (TPSA) is 148 Å². The zero-order valence-corrected chi connectivity index (χ0v) is 17.2. The van der Waals surface area contributed by atoms with Crippen molar-refractivity contribution >= 4 is 16.0 Å². The van der Waals surface area contributed by atoms with Crippen LogP contribution >= 0.6 is 0 Å². The average molecular weight is 454 g/mol. The van der Waals surface area contributed by atoms with Gasteiger partial charge >= 0.3 is 5.97 Å². The number of carboxylic acid groups (broad SMARTS) is 1. The van der Waals surface area contributed by atoms with Crippen LogP contribution in [0, 0.1) is 5.82 Å². The Morgan fingerprint density at radius 2 is 1.52 bits per heavy atom. The molecule has 5 N–H and O–H groups in total. The van der Waals surface area contributed by atoms with E-state index in [4.69, 9.17) is 14.7 Å². The lowest BCUT2D eigenvalue weighted by Crippen LogP contribution is -2.59. The van der Waals surface area contributed by atoms with E-state index < -0.39 is 27.3 Å². The number of rotatable bonds is 6. The molecule has 2 bridgehead atoms. The van der Waals surface area contributed by atoms with E-state index in [0.29, 0.717) is 11.5 Å². The molecule has 31 heavy (non-hydrogen) atoms. The van der Waals surface area contributed by atoms with Gasteiger partial charge in [-0.3, -0.25) is 4.79 Å². The summed E-state index contributed by atoms with van der Waals surface area (Å²) in [5.74, 6) is 2.69. The van der Waals surface area contributed by atoms with Gasteiger partial charge in [0.25, 0.3) is 0 Å². The highest BCUT2D eigenvalue weighted by molar-refractivity contribution is 7.89. The second-order valence-electron chi connectivity index (χ2n) is 7.39. The number of halogens is 1. The van der Waals surface area contributed by atoms with E-state index >= 15 is 0 Å². The number of carbonyl (C=O) groups is 1. The van der Waals surface area contributed by atoms with Crippen molar-refractivity contribution in [2.75, 3.05) is 0 Å². The quantitative estimate of drug-likeness (QED) is 0.486. The van der Waals surface area contributed by atoms with Crippen molar-refractivity contribution in [3.05, 3.63) is 54.3 Å². The van der Waals surface area contributed by atoms with Crippen LogP contribution in [0.5, 0.6) is 11.5 Å². The van der Waals surface area contributed by atoms with Crippen LogP contribution in [0.1, 0.15) is 25.7 Å². The fourth-order valence-corrected chi connectivity index (χ4v) is 5.26. The van der Waals surface area contributed by atoms with Gasteiger partial charge in [0.05, 0.1) is 17.1 Å². The van der Waals surface area contributed by atoms with Crippen LogP contribution < -0.4 is 15.4 Å². The fraction of sp³-hybridized carbons (Fsp3) is 0.350. The minimum absolute atomic E-state index is 0.0663. The van der Waals surface area contributed by atoms with Crippen molar-refractivity contribution in [2.45, 2.75) is 48.3 Å². The number of nitrogens with one attached hydrogen (secondary N) is 1. The Balaban J connectivity index is 0.00000132. The molecule has 2 fully saturated rings. The van der Waals surface area contributed by atoms with Crippen LogP contribution in [0.3, 0.4) is 0 Å². The highest BCUT2D eigenvalue weighted by Gasteiger charge is 2.52. The van der Waals surface area contributed by atoms with Crippen molar-refractivity contribution in [3.8, 4) is 11.5 Å². The molecule has 0 spiro atoms. The molecule has 168 valence electrons. The largest absolute Gasteiger partial charge is 0.480 e. The number of benzene rings is 2. The number of sulfonamides is 1. The van der Waals surface area contributed by atoms with Gasteiger partial charge < -0.3 is 19.8 Å². The van der Waals surface area contributed by atoms with Crippen LogP contribution in [0.25, 0.3) is 0 Å². The minimum atomic E-state index is -4.07. The summed E-state index contributed by atoms with van der Waals surface area (Å²) in [7, 11) is -4.07. The molecule has 2 aliphatic rings. The van der Waals surface area contributed by atoms with E-state index in [1.165, 1.54) is 48.5 Å². The van der Waals surface area contributed by atoms with Crippen molar-refractivity contribution in [3.63, 3.8) is 0 Å². The molecule has 0 saturated carbocycles. The van der Waals surface area contributed by atoms with Gasteiger partial charge in [-0.05, 0) is 61.4 Å². The highest BCUT2D eigenvalue weighted by Crippen LogP contribution is 2.39. The third-order valence-corrected chi connectivity index (χ3v) is 6.82. The van der Waals surface area contributed by atoms with Gasteiger partial charge in [-0.25, -0.2) is 18.7 Å². The Bertz CT molecular complexity index is 1000.